The summed E-state index contributed by atoms with van der Waals surface area (Å²) < 4.78 is 1.09. The van der Waals surface area contributed by atoms with Crippen LogP contribution in [0, 0.1) is 0 Å². The van der Waals surface area contributed by atoms with Gasteiger partial charge in [-0.25, -0.2) is 4.98 Å². The fraction of sp³-hybridized carbons (Fsp3) is 0.278. The van der Waals surface area contributed by atoms with Crippen molar-refractivity contribution < 1.29 is 0 Å². The number of halogens is 1. The number of nitrogens with one attached hydrogen (secondary N) is 1. The molecule has 22 heavy (non-hydrogen) atoms. The van der Waals surface area contributed by atoms with Crippen molar-refractivity contribution >= 4 is 32.7 Å². The number of nitrogens with zero attached hydrogens (tertiary/aromatic N) is 2. The number of aromatic amines is 1. The fourth-order valence-electron chi connectivity index (χ4n) is 3.19. The Morgan fingerprint density at radius 3 is 2.64 bits per heavy atom. The van der Waals surface area contributed by atoms with Gasteiger partial charge in [0, 0.05) is 28.8 Å². The maximum Gasteiger partial charge on any atom is 0.140 e. The second-order valence-electron chi connectivity index (χ2n) is 5.81. The molecule has 0 amide bonds. The first-order chi connectivity index (χ1) is 10.8. The summed E-state index contributed by atoms with van der Waals surface area (Å²) in [6.45, 7) is 2.27. The summed E-state index contributed by atoms with van der Waals surface area (Å²) in [5, 5.41) is 0. The molecule has 0 saturated carbocycles. The average molecular weight is 356 g/mol. The number of para-hydroxylation sites is 2. The molecule has 2 heterocycles. The van der Waals surface area contributed by atoms with Gasteiger partial charge >= 0.3 is 0 Å². The lowest BCUT2D eigenvalue weighted by molar-refractivity contribution is 0.578. The molecular weight excluding hydrogens is 338 g/mol. The van der Waals surface area contributed by atoms with Gasteiger partial charge in [-0.1, -0.05) is 28.1 Å². The van der Waals surface area contributed by atoms with E-state index in [1.165, 1.54) is 30.5 Å². The maximum atomic E-state index is 4.78. The molecule has 4 heteroatoms. The van der Waals surface area contributed by atoms with Gasteiger partial charge in [-0.05, 0) is 49.6 Å². The van der Waals surface area contributed by atoms with Crippen LogP contribution in [0.4, 0.5) is 5.69 Å². The van der Waals surface area contributed by atoms with E-state index in [1.54, 1.807) is 0 Å². The van der Waals surface area contributed by atoms with Gasteiger partial charge in [0.05, 0.1) is 11.0 Å². The molecule has 3 nitrogen and oxygen atoms in total. The van der Waals surface area contributed by atoms with E-state index in [9.17, 15) is 0 Å². The number of hydrogen-bond acceptors (Lipinski definition) is 2. The highest BCUT2D eigenvalue weighted by Crippen LogP contribution is 2.34. The van der Waals surface area contributed by atoms with Crippen LogP contribution in [-0.2, 0) is 0 Å². The van der Waals surface area contributed by atoms with Crippen LogP contribution >= 0.6 is 15.9 Å². The molecule has 4 rings (SSSR count). The maximum absolute atomic E-state index is 4.78. The topological polar surface area (TPSA) is 31.9 Å². The lowest BCUT2D eigenvalue weighted by Crippen LogP contribution is -2.29. The van der Waals surface area contributed by atoms with Gasteiger partial charge in [-0.3, -0.25) is 0 Å². The predicted molar refractivity (Wildman–Crippen MR) is 95.3 cm³/mol. The van der Waals surface area contributed by atoms with Crippen molar-refractivity contribution in [2.75, 3.05) is 18.0 Å². The number of aromatic nitrogens is 2. The molecule has 112 valence electrons. The molecule has 2 aromatic carbocycles. The third kappa shape index (κ3) is 2.52. The zero-order valence-corrected chi connectivity index (χ0v) is 13.9. The number of hydrogen-bond donors (Lipinski definition) is 1. The van der Waals surface area contributed by atoms with E-state index in [-0.39, 0.29) is 0 Å². The minimum Gasteiger partial charge on any atom is -0.371 e. The van der Waals surface area contributed by atoms with Crippen molar-refractivity contribution in [3.05, 3.63) is 46.9 Å². The monoisotopic (exact) mass is 355 g/mol. The van der Waals surface area contributed by atoms with E-state index in [2.05, 4.69) is 50.1 Å². The molecule has 1 aliphatic rings. The van der Waals surface area contributed by atoms with Gasteiger partial charge in [0.2, 0.25) is 0 Å². The SMILES string of the molecule is Brc1ccc(N2CCCCC2)c(-c2nc3ccccc3[nH]2)c1. The Kier molecular flexibility index (Phi) is 3.62. The fourth-order valence-corrected chi connectivity index (χ4v) is 3.55. The molecule has 0 unspecified atom stereocenters. The molecule has 0 radical (unpaired) electrons. The normalized spacial score (nSPS) is 15.4. The van der Waals surface area contributed by atoms with Gasteiger partial charge < -0.3 is 9.88 Å². The van der Waals surface area contributed by atoms with Crippen LogP contribution in [-0.4, -0.2) is 23.1 Å². The average Bonchev–Trinajstić information content (AvgIpc) is 2.99. The first-order valence-electron chi connectivity index (χ1n) is 7.81. The van der Waals surface area contributed by atoms with Crippen LogP contribution < -0.4 is 4.90 Å². The number of benzene rings is 2. The van der Waals surface area contributed by atoms with Crippen molar-refractivity contribution in [2.24, 2.45) is 0 Å². The van der Waals surface area contributed by atoms with E-state index in [1.807, 2.05) is 18.2 Å². The third-order valence-electron chi connectivity index (χ3n) is 4.30. The number of imidazole rings is 1. The second kappa shape index (κ2) is 5.76. The summed E-state index contributed by atoms with van der Waals surface area (Å²) >= 11 is 3.60. The van der Waals surface area contributed by atoms with Crippen molar-refractivity contribution in [2.45, 2.75) is 19.3 Å². The Morgan fingerprint density at radius 2 is 1.82 bits per heavy atom. The van der Waals surface area contributed by atoms with Crippen molar-refractivity contribution in [3.8, 4) is 11.4 Å². The number of piperidine rings is 1. The number of rotatable bonds is 2. The van der Waals surface area contributed by atoms with E-state index >= 15 is 0 Å². The second-order valence-corrected chi connectivity index (χ2v) is 6.73. The molecule has 3 aromatic rings. The minimum absolute atomic E-state index is 0.947. The molecule has 1 N–H and O–H groups in total. The summed E-state index contributed by atoms with van der Waals surface area (Å²) in [7, 11) is 0. The molecule has 1 saturated heterocycles. The highest BCUT2D eigenvalue weighted by molar-refractivity contribution is 9.10. The first-order valence-corrected chi connectivity index (χ1v) is 8.60. The van der Waals surface area contributed by atoms with Crippen LogP contribution in [0.1, 0.15) is 19.3 Å². The molecule has 1 aliphatic heterocycles. The van der Waals surface area contributed by atoms with Gasteiger partial charge in [0.25, 0.3) is 0 Å². The first kappa shape index (κ1) is 13.8. The van der Waals surface area contributed by atoms with Gasteiger partial charge in [-0.2, -0.15) is 0 Å². The van der Waals surface area contributed by atoms with Crippen LogP contribution in [0.15, 0.2) is 46.9 Å². The summed E-state index contributed by atoms with van der Waals surface area (Å²) in [5.41, 5.74) is 4.55. The van der Waals surface area contributed by atoms with Crippen molar-refractivity contribution in [1.82, 2.24) is 9.97 Å². The molecule has 0 bridgehead atoms. The highest BCUT2D eigenvalue weighted by Gasteiger charge is 2.17. The lowest BCUT2D eigenvalue weighted by atomic mass is 10.1. The Morgan fingerprint density at radius 1 is 1.00 bits per heavy atom. The molecule has 0 aliphatic carbocycles. The summed E-state index contributed by atoms with van der Waals surface area (Å²) in [6, 6.07) is 14.7. The van der Waals surface area contributed by atoms with Crippen LogP contribution in [0.25, 0.3) is 22.4 Å². The van der Waals surface area contributed by atoms with Gasteiger partial charge in [0.1, 0.15) is 5.82 Å². The zero-order chi connectivity index (χ0) is 14.9. The van der Waals surface area contributed by atoms with E-state index < -0.39 is 0 Å². The molecule has 1 fully saturated rings. The van der Waals surface area contributed by atoms with Crippen LogP contribution in [0.3, 0.4) is 0 Å². The van der Waals surface area contributed by atoms with Crippen LogP contribution in [0.5, 0.6) is 0 Å². The van der Waals surface area contributed by atoms with E-state index in [4.69, 9.17) is 4.98 Å². The summed E-state index contributed by atoms with van der Waals surface area (Å²) in [6.07, 6.45) is 3.89. The zero-order valence-electron chi connectivity index (χ0n) is 12.3. The third-order valence-corrected chi connectivity index (χ3v) is 4.79. The highest BCUT2D eigenvalue weighted by atomic mass is 79.9. The predicted octanol–water partition coefficient (Wildman–Crippen LogP) is 4.98. The Hall–Kier alpha value is -1.81. The molecule has 1 aromatic heterocycles. The lowest BCUT2D eigenvalue weighted by Gasteiger charge is -2.30. The van der Waals surface area contributed by atoms with E-state index in [0.29, 0.717) is 0 Å². The Bertz CT molecular complexity index is 770. The largest absolute Gasteiger partial charge is 0.371 e. The van der Waals surface area contributed by atoms with Gasteiger partial charge in [-0.15, -0.1) is 0 Å². The van der Waals surface area contributed by atoms with E-state index in [0.717, 1.165) is 34.4 Å². The standard InChI is InChI=1S/C18H18BrN3/c19-13-8-9-17(22-10-4-1-5-11-22)14(12-13)18-20-15-6-2-3-7-16(15)21-18/h2-3,6-9,12H,1,4-5,10-11H2,(H,20,21). The quantitative estimate of drug-likeness (QED) is 0.702. The molecule has 0 atom stereocenters. The number of fused-ring (bicyclic) bond motifs is 1. The van der Waals surface area contributed by atoms with Crippen molar-refractivity contribution in [3.63, 3.8) is 0 Å². The molecular formula is C18H18BrN3. The number of anilines is 1. The smallest absolute Gasteiger partial charge is 0.140 e. The van der Waals surface area contributed by atoms with Gasteiger partial charge in [0.15, 0.2) is 0 Å². The number of H-pyrrole nitrogens is 1. The summed E-state index contributed by atoms with van der Waals surface area (Å²) in [5.74, 6) is 0.947. The Labute approximate surface area is 138 Å². The minimum atomic E-state index is 0.947. The molecule has 0 spiro atoms. The Balaban J connectivity index is 1.83. The summed E-state index contributed by atoms with van der Waals surface area (Å²) in [4.78, 5) is 10.7. The van der Waals surface area contributed by atoms with Crippen molar-refractivity contribution in [1.29, 1.82) is 0 Å². The van der Waals surface area contributed by atoms with Crippen LogP contribution in [0.2, 0.25) is 0 Å².